The van der Waals surface area contributed by atoms with Gasteiger partial charge >= 0.3 is 0 Å². The summed E-state index contributed by atoms with van der Waals surface area (Å²) in [5.41, 5.74) is 5.50. The van der Waals surface area contributed by atoms with Gasteiger partial charge in [-0.25, -0.2) is 9.37 Å². The predicted octanol–water partition coefficient (Wildman–Crippen LogP) is 6.31. The number of hydrogen-bond donors (Lipinski definition) is 1. The van der Waals surface area contributed by atoms with Gasteiger partial charge in [-0.3, -0.25) is 4.79 Å². The monoisotopic (exact) mass is 463 g/mol. The topological polar surface area (TPSA) is 46.9 Å². The number of fused-ring (bicyclic) bond motifs is 1. The minimum Gasteiger partial charge on any atom is -0.346 e. The third-order valence-corrected chi connectivity index (χ3v) is 6.16. The summed E-state index contributed by atoms with van der Waals surface area (Å²) < 4.78 is 16.4. The predicted molar refractivity (Wildman–Crippen MR) is 137 cm³/mol. The fourth-order valence-corrected chi connectivity index (χ4v) is 4.38. The van der Waals surface area contributed by atoms with Crippen LogP contribution < -0.4 is 5.32 Å². The van der Waals surface area contributed by atoms with Crippen molar-refractivity contribution in [3.8, 4) is 11.1 Å². The van der Waals surface area contributed by atoms with Crippen molar-refractivity contribution in [1.82, 2.24) is 14.9 Å². The zero-order chi connectivity index (χ0) is 24.2. The van der Waals surface area contributed by atoms with Crippen LogP contribution in [0.3, 0.4) is 0 Å². The molecule has 0 aliphatic heterocycles. The van der Waals surface area contributed by atoms with Crippen molar-refractivity contribution in [3.63, 3.8) is 0 Å². The minimum absolute atomic E-state index is 0.0885. The zero-order valence-corrected chi connectivity index (χ0v) is 19.5. The standard InChI is InChI=1S/C30H26FN3O/c1-21(32-29(35)19-22-15-17-24(18-16-22)23-9-3-2-4-10-23)30-33-27-13-7-8-14-28(27)34(30)20-25-11-5-6-12-26(25)31/h2-18,21H,19-20H2,1H3,(H,32,35). The van der Waals surface area contributed by atoms with Crippen LogP contribution in [-0.2, 0) is 17.8 Å². The summed E-state index contributed by atoms with van der Waals surface area (Å²) in [6.07, 6.45) is 0.271. The summed E-state index contributed by atoms with van der Waals surface area (Å²) in [6.45, 7) is 2.25. The molecule has 0 aliphatic carbocycles. The molecule has 0 bridgehead atoms. The summed E-state index contributed by atoms with van der Waals surface area (Å²) in [7, 11) is 0. The van der Waals surface area contributed by atoms with E-state index in [1.165, 1.54) is 6.07 Å². The van der Waals surface area contributed by atoms with Crippen molar-refractivity contribution in [1.29, 1.82) is 0 Å². The number of benzene rings is 4. The highest BCUT2D eigenvalue weighted by Crippen LogP contribution is 2.24. The van der Waals surface area contributed by atoms with E-state index in [2.05, 4.69) is 17.4 Å². The first-order chi connectivity index (χ1) is 17.1. The maximum absolute atomic E-state index is 14.4. The van der Waals surface area contributed by atoms with Crippen LogP contribution in [0.5, 0.6) is 0 Å². The van der Waals surface area contributed by atoms with Crippen LogP contribution in [0.4, 0.5) is 4.39 Å². The number of carbonyl (C=O) groups is 1. The second-order valence-corrected chi connectivity index (χ2v) is 8.67. The molecule has 0 saturated carbocycles. The van der Waals surface area contributed by atoms with Crippen molar-refractivity contribution in [2.75, 3.05) is 0 Å². The number of carbonyl (C=O) groups excluding carboxylic acids is 1. The molecule has 0 fully saturated rings. The fraction of sp³-hybridized carbons (Fsp3) is 0.133. The van der Waals surface area contributed by atoms with Gasteiger partial charge in [0.05, 0.1) is 30.0 Å². The van der Waals surface area contributed by atoms with Gasteiger partial charge in [-0.2, -0.15) is 0 Å². The third kappa shape index (κ3) is 4.99. The molecule has 1 amide bonds. The molecule has 1 atom stereocenters. The van der Waals surface area contributed by atoms with E-state index in [-0.39, 0.29) is 24.2 Å². The molecular formula is C30H26FN3O. The average molecular weight is 464 g/mol. The minimum atomic E-state index is -0.342. The van der Waals surface area contributed by atoms with Gasteiger partial charge in [0, 0.05) is 5.56 Å². The molecule has 1 aromatic heterocycles. The van der Waals surface area contributed by atoms with Crippen LogP contribution in [0.15, 0.2) is 103 Å². The smallest absolute Gasteiger partial charge is 0.224 e. The van der Waals surface area contributed by atoms with Crippen molar-refractivity contribution < 1.29 is 9.18 Å². The van der Waals surface area contributed by atoms with Gasteiger partial charge in [-0.1, -0.05) is 84.9 Å². The van der Waals surface area contributed by atoms with Gasteiger partial charge in [0.15, 0.2) is 0 Å². The Morgan fingerprint density at radius 1 is 0.857 bits per heavy atom. The number of imidazole rings is 1. The van der Waals surface area contributed by atoms with Crippen LogP contribution in [-0.4, -0.2) is 15.5 Å². The normalized spacial score (nSPS) is 11.9. The molecule has 0 aliphatic rings. The van der Waals surface area contributed by atoms with E-state index in [4.69, 9.17) is 4.98 Å². The number of nitrogens with one attached hydrogen (secondary N) is 1. The van der Waals surface area contributed by atoms with E-state index >= 15 is 0 Å². The molecule has 1 N–H and O–H groups in total. The number of amides is 1. The lowest BCUT2D eigenvalue weighted by Gasteiger charge is -2.17. The largest absolute Gasteiger partial charge is 0.346 e. The number of para-hydroxylation sites is 2. The van der Waals surface area contributed by atoms with E-state index in [0.717, 1.165) is 27.7 Å². The number of nitrogens with zero attached hydrogens (tertiary/aromatic N) is 2. The summed E-state index contributed by atoms with van der Waals surface area (Å²) >= 11 is 0. The van der Waals surface area contributed by atoms with Gasteiger partial charge < -0.3 is 9.88 Å². The highest BCUT2D eigenvalue weighted by atomic mass is 19.1. The van der Waals surface area contributed by atoms with Gasteiger partial charge in [0.1, 0.15) is 11.6 Å². The molecule has 4 nitrogen and oxygen atoms in total. The second-order valence-electron chi connectivity index (χ2n) is 8.67. The molecule has 5 aromatic rings. The first kappa shape index (κ1) is 22.5. The SMILES string of the molecule is CC(NC(=O)Cc1ccc(-c2ccccc2)cc1)c1nc2ccccc2n1Cc1ccccc1F. The van der Waals surface area contributed by atoms with Crippen molar-refractivity contribution in [2.45, 2.75) is 25.9 Å². The van der Waals surface area contributed by atoms with E-state index < -0.39 is 0 Å². The molecular weight excluding hydrogens is 437 g/mol. The summed E-state index contributed by atoms with van der Waals surface area (Å²) in [5, 5.41) is 3.08. The van der Waals surface area contributed by atoms with Crippen LogP contribution in [0, 0.1) is 5.82 Å². The molecule has 0 spiro atoms. The Morgan fingerprint density at radius 2 is 1.51 bits per heavy atom. The molecule has 174 valence electrons. The number of hydrogen-bond acceptors (Lipinski definition) is 2. The number of halogens is 1. The van der Waals surface area contributed by atoms with Crippen molar-refractivity contribution in [3.05, 3.63) is 126 Å². The zero-order valence-electron chi connectivity index (χ0n) is 19.5. The maximum Gasteiger partial charge on any atom is 0.224 e. The highest BCUT2D eigenvalue weighted by molar-refractivity contribution is 5.80. The molecule has 5 rings (SSSR count). The van der Waals surface area contributed by atoms with E-state index in [1.807, 2.05) is 84.3 Å². The molecule has 0 radical (unpaired) electrons. The van der Waals surface area contributed by atoms with Gasteiger partial charge in [0.25, 0.3) is 0 Å². The van der Waals surface area contributed by atoms with Crippen molar-refractivity contribution >= 4 is 16.9 Å². The van der Waals surface area contributed by atoms with Crippen molar-refractivity contribution in [2.24, 2.45) is 0 Å². The molecule has 4 aromatic carbocycles. The summed E-state index contributed by atoms with van der Waals surface area (Å²) in [4.78, 5) is 17.7. The van der Waals surface area contributed by atoms with Gasteiger partial charge in [0.2, 0.25) is 5.91 Å². The first-order valence-electron chi connectivity index (χ1n) is 11.7. The Hall–Kier alpha value is -4.25. The molecule has 5 heteroatoms. The molecule has 35 heavy (non-hydrogen) atoms. The van der Waals surface area contributed by atoms with Crippen LogP contribution >= 0.6 is 0 Å². The first-order valence-corrected chi connectivity index (χ1v) is 11.7. The second kappa shape index (κ2) is 9.94. The van der Waals surface area contributed by atoms with Crippen LogP contribution in [0.25, 0.3) is 22.2 Å². The lowest BCUT2D eigenvalue weighted by atomic mass is 10.0. The fourth-order valence-electron chi connectivity index (χ4n) is 4.38. The summed E-state index contributed by atoms with van der Waals surface area (Å²) in [5.74, 6) is 0.351. The highest BCUT2D eigenvalue weighted by Gasteiger charge is 2.19. The lowest BCUT2D eigenvalue weighted by molar-refractivity contribution is -0.121. The molecule has 1 heterocycles. The number of rotatable bonds is 7. The quantitative estimate of drug-likeness (QED) is 0.307. The van der Waals surface area contributed by atoms with Crippen LogP contribution in [0.1, 0.15) is 29.9 Å². The third-order valence-electron chi connectivity index (χ3n) is 6.16. The number of aromatic nitrogens is 2. The van der Waals surface area contributed by atoms with E-state index in [9.17, 15) is 9.18 Å². The Bertz CT molecular complexity index is 1460. The average Bonchev–Trinajstić information content (AvgIpc) is 3.25. The molecule has 0 saturated heterocycles. The Kier molecular flexibility index (Phi) is 6.40. The van der Waals surface area contributed by atoms with Gasteiger partial charge in [-0.15, -0.1) is 0 Å². The Morgan fingerprint density at radius 3 is 2.29 bits per heavy atom. The van der Waals surface area contributed by atoms with Gasteiger partial charge in [-0.05, 0) is 41.8 Å². The lowest BCUT2D eigenvalue weighted by Crippen LogP contribution is -2.30. The van der Waals surface area contributed by atoms with Crippen LogP contribution in [0.2, 0.25) is 0 Å². The Labute approximate surface area is 204 Å². The van der Waals surface area contributed by atoms with E-state index in [1.54, 1.807) is 12.1 Å². The van der Waals surface area contributed by atoms with E-state index in [0.29, 0.717) is 17.9 Å². The maximum atomic E-state index is 14.4. The summed E-state index contributed by atoms with van der Waals surface area (Å²) in [6, 6.07) is 32.4. The molecule has 1 unspecified atom stereocenters. The Balaban J connectivity index is 1.33.